The molecule has 2 rings (SSSR count). The van der Waals surface area contributed by atoms with Crippen molar-refractivity contribution < 1.29 is 0 Å². The molecule has 1 heterocycles. The van der Waals surface area contributed by atoms with Crippen molar-refractivity contribution in [2.75, 3.05) is 11.4 Å². The molecule has 1 aliphatic rings. The third-order valence-corrected chi connectivity index (χ3v) is 2.42. The normalized spacial score (nSPS) is 14.9. The standard InChI is InChI=1S/C14H15N/c1-2-7-13-8-6-11-15(12-13)14-9-4-3-5-10-14/h2-6,8-10,12H,1,7,11H2. The highest BCUT2D eigenvalue weighted by Gasteiger charge is 2.05. The Kier molecular flexibility index (Phi) is 3.03. The molecule has 1 nitrogen and oxygen atoms in total. The van der Waals surface area contributed by atoms with Crippen LogP contribution in [0.2, 0.25) is 0 Å². The molecular formula is C14H15N. The maximum absolute atomic E-state index is 3.76. The number of nitrogens with zero attached hydrogens (tertiary/aromatic N) is 1. The molecule has 76 valence electrons. The van der Waals surface area contributed by atoms with E-state index in [1.165, 1.54) is 11.3 Å². The zero-order valence-corrected chi connectivity index (χ0v) is 8.76. The number of hydrogen-bond donors (Lipinski definition) is 0. The molecule has 0 atom stereocenters. The summed E-state index contributed by atoms with van der Waals surface area (Å²) >= 11 is 0. The molecule has 0 amide bonds. The summed E-state index contributed by atoms with van der Waals surface area (Å²) in [5, 5.41) is 0. The van der Waals surface area contributed by atoms with Crippen LogP contribution in [0.25, 0.3) is 0 Å². The van der Waals surface area contributed by atoms with Crippen molar-refractivity contribution in [1.82, 2.24) is 0 Å². The largest absolute Gasteiger partial charge is 0.344 e. The molecule has 1 heteroatoms. The van der Waals surface area contributed by atoms with Gasteiger partial charge in [0.1, 0.15) is 0 Å². The maximum atomic E-state index is 3.76. The maximum Gasteiger partial charge on any atom is 0.0409 e. The Morgan fingerprint density at radius 2 is 2.07 bits per heavy atom. The molecular weight excluding hydrogens is 182 g/mol. The molecule has 1 aliphatic heterocycles. The van der Waals surface area contributed by atoms with Crippen molar-refractivity contribution in [1.29, 1.82) is 0 Å². The number of rotatable bonds is 3. The second-order valence-electron chi connectivity index (χ2n) is 3.59. The fraction of sp³-hybridized carbons (Fsp3) is 0.143. The minimum absolute atomic E-state index is 0.930. The molecule has 0 saturated heterocycles. The summed E-state index contributed by atoms with van der Waals surface area (Å²) in [6.45, 7) is 4.71. The molecule has 0 saturated carbocycles. The van der Waals surface area contributed by atoms with Gasteiger partial charge in [-0.2, -0.15) is 0 Å². The van der Waals surface area contributed by atoms with Crippen LogP contribution in [0.5, 0.6) is 0 Å². The number of benzene rings is 1. The lowest BCUT2D eigenvalue weighted by atomic mass is 10.1. The Balaban J connectivity index is 2.18. The molecule has 1 aromatic rings. The van der Waals surface area contributed by atoms with Gasteiger partial charge in [-0.25, -0.2) is 0 Å². The van der Waals surface area contributed by atoms with Crippen molar-refractivity contribution in [2.24, 2.45) is 0 Å². The van der Waals surface area contributed by atoms with E-state index in [-0.39, 0.29) is 0 Å². The van der Waals surface area contributed by atoms with Crippen LogP contribution in [-0.4, -0.2) is 6.54 Å². The summed E-state index contributed by atoms with van der Waals surface area (Å²) in [5.74, 6) is 0. The van der Waals surface area contributed by atoms with Crippen LogP contribution in [0.3, 0.4) is 0 Å². The lowest BCUT2D eigenvalue weighted by molar-refractivity contribution is 1.04. The molecule has 15 heavy (non-hydrogen) atoms. The lowest BCUT2D eigenvalue weighted by Gasteiger charge is -2.23. The van der Waals surface area contributed by atoms with Gasteiger partial charge in [-0.05, 0) is 24.1 Å². The van der Waals surface area contributed by atoms with Gasteiger partial charge in [0.25, 0.3) is 0 Å². The van der Waals surface area contributed by atoms with E-state index in [0.29, 0.717) is 0 Å². The average Bonchev–Trinajstić information content (AvgIpc) is 2.31. The van der Waals surface area contributed by atoms with E-state index in [1.54, 1.807) is 0 Å². The third-order valence-electron chi connectivity index (χ3n) is 2.42. The molecule has 0 fully saturated rings. The molecule has 0 bridgehead atoms. The van der Waals surface area contributed by atoms with Gasteiger partial charge in [0.05, 0.1) is 0 Å². The van der Waals surface area contributed by atoms with Crippen molar-refractivity contribution in [2.45, 2.75) is 6.42 Å². The van der Waals surface area contributed by atoms with E-state index in [1.807, 2.05) is 12.1 Å². The quantitative estimate of drug-likeness (QED) is 0.670. The zero-order valence-electron chi connectivity index (χ0n) is 8.76. The Morgan fingerprint density at radius 1 is 1.27 bits per heavy atom. The second kappa shape index (κ2) is 4.65. The Labute approximate surface area is 91.0 Å². The first-order valence-electron chi connectivity index (χ1n) is 5.20. The highest BCUT2D eigenvalue weighted by molar-refractivity contribution is 5.52. The van der Waals surface area contributed by atoms with E-state index >= 15 is 0 Å². The van der Waals surface area contributed by atoms with E-state index in [4.69, 9.17) is 0 Å². The van der Waals surface area contributed by atoms with Crippen LogP contribution in [0, 0.1) is 0 Å². The summed E-state index contributed by atoms with van der Waals surface area (Å²) in [6, 6.07) is 10.4. The van der Waals surface area contributed by atoms with E-state index in [0.717, 1.165) is 13.0 Å². The van der Waals surface area contributed by atoms with Crippen LogP contribution >= 0.6 is 0 Å². The molecule has 0 spiro atoms. The molecule has 1 aromatic carbocycles. The molecule has 0 radical (unpaired) electrons. The van der Waals surface area contributed by atoms with Gasteiger partial charge in [0.2, 0.25) is 0 Å². The third kappa shape index (κ3) is 2.38. The van der Waals surface area contributed by atoms with Gasteiger partial charge in [-0.15, -0.1) is 6.58 Å². The van der Waals surface area contributed by atoms with Crippen molar-refractivity contribution in [3.05, 3.63) is 66.9 Å². The predicted molar refractivity (Wildman–Crippen MR) is 65.8 cm³/mol. The van der Waals surface area contributed by atoms with Gasteiger partial charge < -0.3 is 4.90 Å². The van der Waals surface area contributed by atoms with Gasteiger partial charge >= 0.3 is 0 Å². The van der Waals surface area contributed by atoms with Gasteiger partial charge in [-0.1, -0.05) is 36.4 Å². The molecule has 0 unspecified atom stereocenters. The number of para-hydroxylation sites is 1. The minimum Gasteiger partial charge on any atom is -0.344 e. The summed E-state index contributed by atoms with van der Waals surface area (Å²) in [5.41, 5.74) is 2.54. The van der Waals surface area contributed by atoms with Crippen molar-refractivity contribution in [3.63, 3.8) is 0 Å². The zero-order chi connectivity index (χ0) is 10.5. The Morgan fingerprint density at radius 3 is 2.80 bits per heavy atom. The predicted octanol–water partition coefficient (Wildman–Crippen LogP) is 3.52. The van der Waals surface area contributed by atoms with E-state index < -0.39 is 0 Å². The number of anilines is 1. The van der Waals surface area contributed by atoms with Gasteiger partial charge in [0, 0.05) is 18.4 Å². The first-order chi connectivity index (χ1) is 7.40. The van der Waals surface area contributed by atoms with Crippen LogP contribution < -0.4 is 4.90 Å². The summed E-state index contributed by atoms with van der Waals surface area (Å²) < 4.78 is 0. The second-order valence-corrected chi connectivity index (χ2v) is 3.59. The van der Waals surface area contributed by atoms with E-state index in [9.17, 15) is 0 Å². The highest BCUT2D eigenvalue weighted by atomic mass is 15.1. The first kappa shape index (κ1) is 9.78. The van der Waals surface area contributed by atoms with Gasteiger partial charge in [-0.3, -0.25) is 0 Å². The summed E-state index contributed by atoms with van der Waals surface area (Å²) in [4.78, 5) is 2.25. The number of hydrogen-bond acceptors (Lipinski definition) is 1. The van der Waals surface area contributed by atoms with Crippen LogP contribution in [0.1, 0.15) is 6.42 Å². The SMILES string of the molecule is C=CCC1=CN(c2ccccc2)CC=C1. The van der Waals surface area contributed by atoms with Crippen LogP contribution in [0.15, 0.2) is 66.9 Å². The topological polar surface area (TPSA) is 3.24 Å². The first-order valence-corrected chi connectivity index (χ1v) is 5.20. The molecule has 0 N–H and O–H groups in total. The fourth-order valence-corrected chi connectivity index (χ4v) is 1.70. The van der Waals surface area contributed by atoms with E-state index in [2.05, 4.69) is 54.1 Å². The lowest BCUT2D eigenvalue weighted by Crippen LogP contribution is -2.18. The average molecular weight is 197 g/mol. The Bertz CT molecular complexity index is 387. The summed E-state index contributed by atoms with van der Waals surface area (Å²) in [7, 11) is 0. The smallest absolute Gasteiger partial charge is 0.0409 e. The minimum atomic E-state index is 0.930. The number of allylic oxidation sites excluding steroid dienone is 3. The fourth-order valence-electron chi connectivity index (χ4n) is 1.70. The summed E-state index contributed by atoms with van der Waals surface area (Å²) in [6.07, 6.45) is 9.41. The van der Waals surface area contributed by atoms with Crippen LogP contribution in [0.4, 0.5) is 5.69 Å². The van der Waals surface area contributed by atoms with Crippen LogP contribution in [-0.2, 0) is 0 Å². The van der Waals surface area contributed by atoms with Gasteiger partial charge in [0.15, 0.2) is 0 Å². The molecule has 0 aromatic heterocycles. The highest BCUT2D eigenvalue weighted by Crippen LogP contribution is 2.19. The monoisotopic (exact) mass is 197 g/mol. The van der Waals surface area contributed by atoms with Crippen molar-refractivity contribution >= 4 is 5.69 Å². The Hall–Kier alpha value is -1.76. The molecule has 0 aliphatic carbocycles. The van der Waals surface area contributed by atoms with Crippen molar-refractivity contribution in [3.8, 4) is 0 Å².